The average molecular weight is 254 g/mol. The van der Waals surface area contributed by atoms with E-state index in [2.05, 4.69) is 21.8 Å². The SMILES string of the molecule is CN1CC2CN(c3ccc(Cl)nc3)CC(C1)O2. The fourth-order valence-corrected chi connectivity index (χ4v) is 2.77. The van der Waals surface area contributed by atoms with Gasteiger partial charge in [0.25, 0.3) is 0 Å². The van der Waals surface area contributed by atoms with Crippen LogP contribution < -0.4 is 4.90 Å². The molecule has 2 bridgehead atoms. The highest BCUT2D eigenvalue weighted by molar-refractivity contribution is 6.29. The number of aromatic nitrogens is 1. The molecule has 17 heavy (non-hydrogen) atoms. The summed E-state index contributed by atoms with van der Waals surface area (Å²) in [6, 6.07) is 3.87. The molecule has 2 aliphatic rings. The molecule has 2 unspecified atom stereocenters. The van der Waals surface area contributed by atoms with Gasteiger partial charge in [-0.2, -0.15) is 0 Å². The average Bonchev–Trinajstić information content (AvgIpc) is 2.28. The van der Waals surface area contributed by atoms with E-state index in [0.29, 0.717) is 17.4 Å². The van der Waals surface area contributed by atoms with Crippen molar-refractivity contribution in [3.8, 4) is 0 Å². The zero-order chi connectivity index (χ0) is 11.8. The van der Waals surface area contributed by atoms with Gasteiger partial charge in [-0.05, 0) is 19.2 Å². The lowest BCUT2D eigenvalue weighted by Crippen LogP contribution is -2.58. The number of likely N-dealkylation sites (N-methyl/N-ethyl adjacent to an activating group) is 1. The second kappa shape index (κ2) is 4.44. The minimum absolute atomic E-state index is 0.308. The molecule has 1 aromatic heterocycles. The number of ether oxygens (including phenoxy) is 1. The molecular weight excluding hydrogens is 238 g/mol. The fourth-order valence-electron chi connectivity index (χ4n) is 2.66. The molecule has 5 heteroatoms. The molecule has 0 N–H and O–H groups in total. The number of nitrogens with zero attached hydrogens (tertiary/aromatic N) is 3. The molecule has 2 atom stereocenters. The predicted molar refractivity (Wildman–Crippen MR) is 67.6 cm³/mol. The Labute approximate surface area is 106 Å². The van der Waals surface area contributed by atoms with Gasteiger partial charge in [0.15, 0.2) is 0 Å². The summed E-state index contributed by atoms with van der Waals surface area (Å²) in [6.07, 6.45) is 2.46. The van der Waals surface area contributed by atoms with Gasteiger partial charge in [0.2, 0.25) is 0 Å². The molecule has 0 spiro atoms. The molecular formula is C12H16ClN3O. The van der Waals surface area contributed by atoms with Crippen molar-refractivity contribution in [1.29, 1.82) is 0 Å². The van der Waals surface area contributed by atoms with E-state index in [9.17, 15) is 0 Å². The lowest BCUT2D eigenvalue weighted by Gasteiger charge is -2.45. The summed E-state index contributed by atoms with van der Waals surface area (Å²) in [5.41, 5.74) is 1.14. The summed E-state index contributed by atoms with van der Waals surface area (Å²) in [5.74, 6) is 0. The minimum Gasteiger partial charge on any atom is -0.369 e. The first-order valence-electron chi connectivity index (χ1n) is 5.91. The van der Waals surface area contributed by atoms with E-state index in [1.807, 2.05) is 18.3 Å². The first kappa shape index (κ1) is 11.3. The number of anilines is 1. The zero-order valence-electron chi connectivity index (χ0n) is 9.84. The van der Waals surface area contributed by atoms with Crippen LogP contribution in [0.2, 0.25) is 5.15 Å². The molecule has 0 amide bonds. The van der Waals surface area contributed by atoms with Gasteiger partial charge in [-0.1, -0.05) is 11.6 Å². The van der Waals surface area contributed by atoms with Gasteiger partial charge < -0.3 is 14.5 Å². The smallest absolute Gasteiger partial charge is 0.129 e. The maximum atomic E-state index is 5.94. The molecule has 4 nitrogen and oxygen atoms in total. The molecule has 2 fully saturated rings. The lowest BCUT2D eigenvalue weighted by atomic mass is 10.1. The highest BCUT2D eigenvalue weighted by Crippen LogP contribution is 2.23. The second-order valence-corrected chi connectivity index (χ2v) is 5.23. The Hall–Kier alpha value is -0.840. The van der Waals surface area contributed by atoms with E-state index >= 15 is 0 Å². The van der Waals surface area contributed by atoms with Crippen LogP contribution in [0, 0.1) is 0 Å². The summed E-state index contributed by atoms with van der Waals surface area (Å²) in [5, 5.41) is 0.543. The summed E-state index contributed by atoms with van der Waals surface area (Å²) < 4.78 is 5.94. The van der Waals surface area contributed by atoms with Crippen molar-refractivity contribution >= 4 is 17.3 Å². The normalized spacial score (nSPS) is 29.4. The van der Waals surface area contributed by atoms with Gasteiger partial charge >= 0.3 is 0 Å². The van der Waals surface area contributed by atoms with Crippen molar-refractivity contribution in [2.75, 3.05) is 38.1 Å². The van der Waals surface area contributed by atoms with Crippen LogP contribution in [-0.4, -0.2) is 55.3 Å². The van der Waals surface area contributed by atoms with Crippen LogP contribution in [0.25, 0.3) is 0 Å². The Morgan fingerprint density at radius 1 is 1.24 bits per heavy atom. The third-order valence-corrected chi connectivity index (χ3v) is 3.56. The van der Waals surface area contributed by atoms with Crippen LogP contribution in [0.1, 0.15) is 0 Å². The van der Waals surface area contributed by atoms with E-state index in [-0.39, 0.29) is 0 Å². The van der Waals surface area contributed by atoms with Crippen LogP contribution in [0.3, 0.4) is 0 Å². The standard InChI is InChI=1S/C12H16ClN3O/c1-15-5-10-7-16(8-11(6-15)17-10)9-2-3-12(13)14-4-9/h2-4,10-11H,5-8H2,1H3. The molecule has 1 aromatic rings. The van der Waals surface area contributed by atoms with E-state index in [4.69, 9.17) is 16.3 Å². The van der Waals surface area contributed by atoms with Gasteiger partial charge in [0.05, 0.1) is 24.1 Å². The lowest BCUT2D eigenvalue weighted by molar-refractivity contribution is -0.0875. The van der Waals surface area contributed by atoms with Crippen molar-refractivity contribution < 1.29 is 4.74 Å². The molecule has 3 heterocycles. The Bertz CT molecular complexity index is 379. The molecule has 0 radical (unpaired) electrons. The second-order valence-electron chi connectivity index (χ2n) is 4.85. The van der Waals surface area contributed by atoms with Crippen molar-refractivity contribution in [3.05, 3.63) is 23.5 Å². The maximum absolute atomic E-state index is 5.94. The van der Waals surface area contributed by atoms with Crippen LogP contribution >= 0.6 is 11.6 Å². The monoisotopic (exact) mass is 253 g/mol. The van der Waals surface area contributed by atoms with E-state index in [0.717, 1.165) is 31.9 Å². The van der Waals surface area contributed by atoms with Gasteiger partial charge in [0, 0.05) is 26.2 Å². The van der Waals surface area contributed by atoms with Crippen molar-refractivity contribution in [2.24, 2.45) is 0 Å². The predicted octanol–water partition coefficient (Wildman–Crippen LogP) is 1.25. The quantitative estimate of drug-likeness (QED) is 0.705. The number of rotatable bonds is 1. The van der Waals surface area contributed by atoms with E-state index < -0.39 is 0 Å². The van der Waals surface area contributed by atoms with Crippen molar-refractivity contribution in [3.63, 3.8) is 0 Å². The Morgan fingerprint density at radius 3 is 2.53 bits per heavy atom. The van der Waals surface area contributed by atoms with Crippen LogP contribution in [0.5, 0.6) is 0 Å². The van der Waals surface area contributed by atoms with Crippen molar-refractivity contribution in [2.45, 2.75) is 12.2 Å². The first-order valence-corrected chi connectivity index (χ1v) is 6.29. The van der Waals surface area contributed by atoms with Crippen molar-refractivity contribution in [1.82, 2.24) is 9.88 Å². The summed E-state index contributed by atoms with van der Waals surface area (Å²) >= 11 is 5.80. The highest BCUT2D eigenvalue weighted by atomic mass is 35.5. The van der Waals surface area contributed by atoms with Crippen LogP contribution in [0.15, 0.2) is 18.3 Å². The number of pyridine rings is 1. The topological polar surface area (TPSA) is 28.6 Å². The molecule has 2 saturated heterocycles. The molecule has 0 saturated carbocycles. The fraction of sp³-hybridized carbons (Fsp3) is 0.583. The first-order chi connectivity index (χ1) is 8.20. The Balaban J connectivity index is 1.75. The minimum atomic E-state index is 0.308. The van der Waals surface area contributed by atoms with E-state index in [1.54, 1.807) is 0 Å². The number of fused-ring (bicyclic) bond motifs is 2. The molecule has 3 rings (SSSR count). The number of halogens is 1. The van der Waals surface area contributed by atoms with Crippen LogP contribution in [0.4, 0.5) is 5.69 Å². The summed E-state index contributed by atoms with van der Waals surface area (Å²) in [4.78, 5) is 8.82. The molecule has 2 aliphatic heterocycles. The summed E-state index contributed by atoms with van der Waals surface area (Å²) in [7, 11) is 2.15. The third-order valence-electron chi connectivity index (χ3n) is 3.34. The van der Waals surface area contributed by atoms with Gasteiger partial charge in [-0.15, -0.1) is 0 Å². The Morgan fingerprint density at radius 2 is 1.94 bits per heavy atom. The van der Waals surface area contributed by atoms with Gasteiger partial charge in [-0.25, -0.2) is 4.98 Å². The number of hydrogen-bond donors (Lipinski definition) is 0. The van der Waals surface area contributed by atoms with Gasteiger partial charge in [-0.3, -0.25) is 0 Å². The summed E-state index contributed by atoms with van der Waals surface area (Å²) in [6.45, 7) is 3.89. The highest BCUT2D eigenvalue weighted by Gasteiger charge is 2.33. The number of hydrogen-bond acceptors (Lipinski definition) is 4. The number of morpholine rings is 2. The maximum Gasteiger partial charge on any atom is 0.129 e. The molecule has 0 aromatic carbocycles. The third kappa shape index (κ3) is 2.39. The Kier molecular flexibility index (Phi) is 2.94. The zero-order valence-corrected chi connectivity index (χ0v) is 10.6. The van der Waals surface area contributed by atoms with Gasteiger partial charge in [0.1, 0.15) is 5.15 Å². The molecule has 0 aliphatic carbocycles. The van der Waals surface area contributed by atoms with E-state index in [1.165, 1.54) is 0 Å². The largest absolute Gasteiger partial charge is 0.369 e. The molecule has 92 valence electrons. The van der Waals surface area contributed by atoms with Crippen LogP contribution in [-0.2, 0) is 4.74 Å².